The number of carbonyl (C=O) groups is 3. The van der Waals surface area contributed by atoms with Crippen LogP contribution >= 0.6 is 0 Å². The van der Waals surface area contributed by atoms with Gasteiger partial charge in [0.05, 0.1) is 66.2 Å². The molecule has 4 saturated heterocycles. The van der Waals surface area contributed by atoms with Gasteiger partial charge in [0.2, 0.25) is 11.8 Å². The maximum atomic E-state index is 11.7. The van der Waals surface area contributed by atoms with Crippen LogP contribution in [-0.4, -0.2) is 188 Å². The van der Waals surface area contributed by atoms with Gasteiger partial charge in [-0.1, -0.05) is 48.5 Å². The van der Waals surface area contributed by atoms with Crippen molar-refractivity contribution >= 4 is 63.6 Å². The van der Waals surface area contributed by atoms with Gasteiger partial charge in [0, 0.05) is 205 Å². The lowest BCUT2D eigenvalue weighted by molar-refractivity contribution is -0.121. The molecule has 0 bridgehead atoms. The number of aryl methyl sites for hydroxylation is 1. The number of benzene rings is 4. The van der Waals surface area contributed by atoms with E-state index in [9.17, 15) is 14.4 Å². The summed E-state index contributed by atoms with van der Waals surface area (Å²) in [4.78, 5) is 104. The van der Waals surface area contributed by atoms with Gasteiger partial charge in [-0.2, -0.15) is 39.9 Å². The van der Waals surface area contributed by atoms with Crippen molar-refractivity contribution in [3.05, 3.63) is 209 Å². The Kier molecular flexibility index (Phi) is 21.6. The molecular weight excluding hydrogens is 1610 g/mol. The number of ether oxygens (including phenoxy) is 4. The third kappa shape index (κ3) is 15.6. The minimum absolute atomic E-state index is 0.0209. The number of nitrogens with zero attached hydrogens (tertiary/aromatic N) is 17. The molecule has 12 heterocycles. The molecule has 4 aliphatic heterocycles. The van der Waals surface area contributed by atoms with E-state index in [1.165, 1.54) is 52.9 Å². The van der Waals surface area contributed by atoms with Gasteiger partial charge in [-0.3, -0.25) is 29.3 Å². The van der Waals surface area contributed by atoms with Crippen LogP contribution < -0.4 is 88.1 Å². The lowest BCUT2D eigenvalue weighted by Gasteiger charge is -2.24. The first-order valence-electron chi connectivity index (χ1n) is 43.3. The minimum Gasteiger partial charge on any atom is -0.423 e. The second-order valence-corrected chi connectivity index (χ2v) is 34.1. The second-order valence-electron chi connectivity index (χ2n) is 34.1. The number of pyridine rings is 3. The highest BCUT2D eigenvalue weighted by atomic mass is 16.5. The highest BCUT2D eigenvalue weighted by molar-refractivity contribution is 5.95. The zero-order valence-corrected chi connectivity index (χ0v) is 71.3. The van der Waals surface area contributed by atoms with Crippen LogP contribution in [0.25, 0.3) is 44.5 Å². The SMILES string of the molecule is CNc1cccc2c1Cc1nc(Oc3cccnc3)nc(N3CC4CCC(N)C4C3)c1-2.CNc1cccc2c1Cc1nc(Oc3cccnc3)nc(N3CCC(C(N)=O)C3)c1-2.CNc1cccc2c1Cc1nc(Oc3cnc(C)nc3)nc(N3CC4C(C3)C4NC(=O)CN)c1-2.CNc1cccc2c1Cc1nc(Oc3cncc(C(C)=O)c3)nc(N3CC4C(N)C4C3)c1-2. The average Bonchev–Trinajstić information content (AvgIpc) is 1.58. The Morgan fingerprint density at radius 1 is 0.441 bits per heavy atom. The first-order valence-corrected chi connectivity index (χ1v) is 43.3. The molecule has 0 spiro atoms. The number of anilines is 8. The Balaban J connectivity index is 0.000000107. The Labute approximate surface area is 733 Å². The van der Waals surface area contributed by atoms with Gasteiger partial charge in [-0.15, -0.1) is 0 Å². The Hall–Kier alpha value is -14.2. The number of amides is 2. The van der Waals surface area contributed by atoms with Crippen molar-refractivity contribution in [3.63, 3.8) is 0 Å². The number of aromatic nitrogens is 13. The summed E-state index contributed by atoms with van der Waals surface area (Å²) < 4.78 is 23.9. The molecule has 7 fully saturated rings. The fourth-order valence-electron chi connectivity index (χ4n) is 20.2. The summed E-state index contributed by atoms with van der Waals surface area (Å²) in [5.41, 5.74) is 46.1. The maximum absolute atomic E-state index is 11.7. The van der Waals surface area contributed by atoms with Gasteiger partial charge in [0.15, 0.2) is 11.5 Å². The standard InChI is InChI=1S/C24H26N8O2.C24H24N6O2.C24H26N6O.C22H22N6O2/c1-12-27-8-13(9-28-12)34-24-29-19-6-15-14(4-3-5-18(15)26-2)21(19)23(31-24)32-10-16-17(11-32)22(16)30-20(33)7-25;1-12(31)13-6-14(9-27-8-13)32-24-28-20-7-16-15(4-3-5-19(16)26-2)21(20)23(29-24)30-10-17-18(11-30)22(17)25;1-26-20-6-2-5-16-17(20)10-21-22(16)23(30-12-14-7-8-19(25)18(14)13-30)29-24(28-21)31-15-4-3-9-27-11-15;1-24-17-6-2-5-15-16(17)10-18-19(15)21(28-9-7-13(12-28)20(23)29)27-22(26-18)30-14-4-3-8-25-11-14/h3-5,8-9,16-17,22,26H,6-7,10-11,25H2,1-2H3,(H,30,33);3-6,8-9,17-18,22,26H,7,10-11,25H2,1-2H3;2-6,9,11,14,18-19,26H,7-8,10,12-13,25H2,1H3;2-6,8,11,13,24H,7,9-10,12H2,1H3,(H2,23,29). The van der Waals surface area contributed by atoms with Crippen molar-refractivity contribution in [3.8, 4) is 91.5 Å². The Morgan fingerprint density at radius 3 is 1.25 bits per heavy atom. The number of Topliss-reactive ketones (excluding diaryl/α,β-unsaturated/α-hetero) is 1. The number of ketones is 1. The van der Waals surface area contributed by atoms with Gasteiger partial charge < -0.3 is 88.1 Å². The molecular formula is C94H98N26O7. The number of fused-ring (bicyclic) bond motifs is 15. The van der Waals surface area contributed by atoms with Gasteiger partial charge in [-0.25, -0.2) is 9.97 Å². The third-order valence-electron chi connectivity index (χ3n) is 26.7. The van der Waals surface area contributed by atoms with Crippen LogP contribution in [0.4, 0.5) is 46.0 Å². The molecule has 33 nitrogen and oxygen atoms in total. The van der Waals surface area contributed by atoms with E-state index < -0.39 is 0 Å². The van der Waals surface area contributed by atoms with Crippen LogP contribution in [0.3, 0.4) is 0 Å². The molecule has 2 amide bonds. The van der Waals surface area contributed by atoms with Crippen molar-refractivity contribution in [1.82, 2.24) is 70.1 Å². The fourth-order valence-corrected chi connectivity index (χ4v) is 20.2. The number of hydrogen-bond donors (Lipinski definition) is 9. The fraction of sp³-hybridized carbons (Fsp3) is 0.340. The summed E-state index contributed by atoms with van der Waals surface area (Å²) in [5, 5.41) is 16.2. The number of carbonyl (C=O) groups excluding carboxylic acids is 3. The van der Waals surface area contributed by atoms with E-state index >= 15 is 0 Å². The smallest absolute Gasteiger partial charge is 0.324 e. The number of nitrogens with two attached hydrogens (primary N) is 4. The van der Waals surface area contributed by atoms with Gasteiger partial charge in [-0.05, 0) is 156 Å². The Bertz CT molecular complexity index is 6270. The summed E-state index contributed by atoms with van der Waals surface area (Å²) in [7, 11) is 7.75. The highest BCUT2D eigenvalue weighted by Gasteiger charge is 2.58. The highest BCUT2D eigenvalue weighted by Crippen LogP contribution is 2.55. The molecule has 8 aromatic heterocycles. The molecule has 0 radical (unpaired) electrons. The van der Waals surface area contributed by atoms with E-state index in [1.807, 2.05) is 59.4 Å². The molecule has 3 saturated carbocycles. The molecule has 7 aliphatic carbocycles. The number of piperidine rings is 2. The quantitative estimate of drug-likeness (QED) is 0.0320. The zero-order valence-electron chi connectivity index (χ0n) is 71.3. The maximum Gasteiger partial charge on any atom is 0.324 e. The number of hydrogen-bond acceptors (Lipinski definition) is 31. The molecule has 8 atom stereocenters. The van der Waals surface area contributed by atoms with Gasteiger partial charge >= 0.3 is 24.0 Å². The van der Waals surface area contributed by atoms with E-state index in [0.717, 1.165) is 161 Å². The summed E-state index contributed by atoms with van der Waals surface area (Å²) in [5.74, 6) is 8.80. The number of nitrogens with one attached hydrogen (secondary N) is 5. The number of rotatable bonds is 20. The molecule has 11 aliphatic rings. The van der Waals surface area contributed by atoms with Crippen molar-refractivity contribution < 1.29 is 33.3 Å². The molecule has 646 valence electrons. The third-order valence-corrected chi connectivity index (χ3v) is 26.7. The first-order chi connectivity index (χ1) is 61.9. The summed E-state index contributed by atoms with van der Waals surface area (Å²) in [6, 6.07) is 36.1. The number of primary amides is 1. The first kappa shape index (κ1) is 81.2. The normalized spacial score (nSPS) is 21.0. The molecule has 4 aromatic carbocycles. The molecule has 8 unspecified atom stereocenters. The predicted octanol–water partition coefficient (Wildman–Crippen LogP) is 10.4. The van der Waals surface area contributed by atoms with Gasteiger partial charge in [0.25, 0.3) is 0 Å². The van der Waals surface area contributed by atoms with Crippen molar-refractivity contribution in [2.75, 3.05) is 128 Å². The average molecular weight is 1700 g/mol. The minimum atomic E-state index is -0.270. The van der Waals surface area contributed by atoms with Crippen LogP contribution in [0.5, 0.6) is 47.0 Å². The molecule has 23 rings (SSSR count). The van der Waals surface area contributed by atoms with E-state index in [-0.39, 0.29) is 54.1 Å². The van der Waals surface area contributed by atoms with E-state index in [2.05, 4.69) is 138 Å². The lowest BCUT2D eigenvalue weighted by atomic mass is 9.98. The van der Waals surface area contributed by atoms with E-state index in [0.29, 0.717) is 120 Å². The molecule has 33 heteroatoms. The van der Waals surface area contributed by atoms with Crippen molar-refractivity contribution in [2.45, 2.75) is 76.9 Å². The molecule has 127 heavy (non-hydrogen) atoms. The summed E-state index contributed by atoms with van der Waals surface area (Å²) in [6.45, 7) is 9.99. The predicted molar refractivity (Wildman–Crippen MR) is 482 cm³/mol. The largest absolute Gasteiger partial charge is 0.423 e. The van der Waals surface area contributed by atoms with Crippen LogP contribution in [-0.2, 0) is 35.3 Å². The topological polar surface area (TPSA) is 433 Å². The van der Waals surface area contributed by atoms with Crippen molar-refractivity contribution in [2.24, 2.45) is 64.4 Å². The molecule has 12 aromatic rings. The Morgan fingerprint density at radius 2 is 0.850 bits per heavy atom. The van der Waals surface area contributed by atoms with Crippen LogP contribution in [0.15, 0.2) is 153 Å². The molecule has 13 N–H and O–H groups in total. The van der Waals surface area contributed by atoms with Gasteiger partial charge in [0.1, 0.15) is 46.3 Å². The van der Waals surface area contributed by atoms with E-state index in [4.69, 9.17) is 81.8 Å². The monoisotopic (exact) mass is 1700 g/mol. The van der Waals surface area contributed by atoms with Crippen LogP contribution in [0, 0.1) is 48.3 Å². The van der Waals surface area contributed by atoms with Crippen LogP contribution in [0.2, 0.25) is 0 Å². The second kappa shape index (κ2) is 33.7. The van der Waals surface area contributed by atoms with Crippen LogP contribution in [0.1, 0.15) is 87.4 Å². The van der Waals surface area contributed by atoms with Crippen molar-refractivity contribution in [1.29, 1.82) is 0 Å². The zero-order chi connectivity index (χ0) is 87.0. The summed E-state index contributed by atoms with van der Waals surface area (Å²) >= 11 is 0. The lowest BCUT2D eigenvalue weighted by Crippen LogP contribution is -2.38. The van der Waals surface area contributed by atoms with E-state index in [1.54, 1.807) is 55.5 Å². The summed E-state index contributed by atoms with van der Waals surface area (Å²) in [6.07, 6.45) is 19.0.